The Morgan fingerprint density at radius 3 is 2.75 bits per heavy atom. The van der Waals surface area contributed by atoms with Crippen molar-refractivity contribution in [2.45, 2.75) is 18.9 Å². The lowest BCUT2D eigenvalue weighted by Crippen LogP contribution is -2.31. The van der Waals surface area contributed by atoms with Gasteiger partial charge in [-0.2, -0.15) is 0 Å². The first kappa shape index (κ1) is 13.5. The van der Waals surface area contributed by atoms with Crippen molar-refractivity contribution < 1.29 is 10.0 Å². The Balaban J connectivity index is 1.84. The molecule has 106 valence electrons. The van der Waals surface area contributed by atoms with Crippen LogP contribution in [0.2, 0.25) is 0 Å². The van der Waals surface area contributed by atoms with Crippen LogP contribution in [0.25, 0.3) is 9.75 Å². The van der Waals surface area contributed by atoms with Crippen LogP contribution < -0.4 is 4.90 Å². The summed E-state index contributed by atoms with van der Waals surface area (Å²) in [6, 6.07) is 7.60. The van der Waals surface area contributed by atoms with Gasteiger partial charge in [0.05, 0.1) is 27.5 Å². The standard InChI is InChI=1S/C13H14N2O3S2/c16-8-9-2-1-7-14(9)12-5-3-10(19-12)11-4-6-13(20-11)15(17)18/h3-6,9,16H,1-2,7-8H2/t9-/m1/s1. The van der Waals surface area contributed by atoms with Crippen molar-refractivity contribution in [1.29, 1.82) is 0 Å². The summed E-state index contributed by atoms with van der Waals surface area (Å²) in [5.41, 5.74) is 0. The smallest absolute Gasteiger partial charge is 0.324 e. The molecule has 0 aromatic carbocycles. The number of nitro groups is 1. The minimum atomic E-state index is -0.356. The molecular weight excluding hydrogens is 296 g/mol. The fourth-order valence-electron chi connectivity index (χ4n) is 2.49. The van der Waals surface area contributed by atoms with Crippen LogP contribution in [-0.2, 0) is 0 Å². The van der Waals surface area contributed by atoms with Crippen molar-refractivity contribution in [1.82, 2.24) is 0 Å². The number of hydrogen-bond donors (Lipinski definition) is 1. The number of anilines is 1. The Labute approximate surface area is 124 Å². The average molecular weight is 310 g/mol. The molecule has 3 rings (SSSR count). The Bertz CT molecular complexity index is 623. The number of hydrogen-bond acceptors (Lipinski definition) is 6. The van der Waals surface area contributed by atoms with E-state index in [1.54, 1.807) is 23.5 Å². The van der Waals surface area contributed by atoms with Crippen LogP contribution in [-0.4, -0.2) is 29.2 Å². The maximum absolute atomic E-state index is 10.7. The van der Waals surface area contributed by atoms with E-state index in [0.717, 1.165) is 34.1 Å². The van der Waals surface area contributed by atoms with Gasteiger partial charge >= 0.3 is 5.00 Å². The quantitative estimate of drug-likeness (QED) is 0.694. The molecule has 20 heavy (non-hydrogen) atoms. The molecule has 1 atom stereocenters. The van der Waals surface area contributed by atoms with Crippen LogP contribution in [0.15, 0.2) is 24.3 Å². The zero-order chi connectivity index (χ0) is 14.1. The van der Waals surface area contributed by atoms with Gasteiger partial charge in [0.25, 0.3) is 0 Å². The molecule has 1 aliphatic heterocycles. The van der Waals surface area contributed by atoms with Crippen molar-refractivity contribution >= 4 is 32.7 Å². The summed E-state index contributed by atoms with van der Waals surface area (Å²) in [6.45, 7) is 1.15. The zero-order valence-electron chi connectivity index (χ0n) is 10.7. The molecule has 2 aromatic heterocycles. The van der Waals surface area contributed by atoms with Gasteiger partial charge in [0.1, 0.15) is 0 Å². The van der Waals surface area contributed by atoms with E-state index in [1.165, 1.54) is 11.3 Å². The van der Waals surface area contributed by atoms with Gasteiger partial charge in [-0.1, -0.05) is 11.3 Å². The third kappa shape index (κ3) is 2.44. The molecule has 1 fully saturated rings. The third-order valence-electron chi connectivity index (χ3n) is 3.48. The topological polar surface area (TPSA) is 66.6 Å². The molecule has 0 amide bonds. The van der Waals surface area contributed by atoms with Gasteiger partial charge in [-0.05, 0) is 31.0 Å². The molecular formula is C13H14N2O3S2. The predicted molar refractivity (Wildman–Crippen MR) is 81.7 cm³/mol. The van der Waals surface area contributed by atoms with Gasteiger partial charge in [-0.25, -0.2) is 0 Å². The van der Waals surface area contributed by atoms with E-state index in [4.69, 9.17) is 0 Å². The van der Waals surface area contributed by atoms with Gasteiger partial charge in [0.2, 0.25) is 0 Å². The van der Waals surface area contributed by atoms with Crippen LogP contribution >= 0.6 is 22.7 Å². The maximum Gasteiger partial charge on any atom is 0.324 e. The number of aliphatic hydroxyl groups excluding tert-OH is 1. The first-order valence-corrected chi connectivity index (χ1v) is 8.04. The Kier molecular flexibility index (Phi) is 3.73. The van der Waals surface area contributed by atoms with Crippen molar-refractivity contribution in [2.75, 3.05) is 18.1 Å². The molecule has 0 radical (unpaired) electrons. The number of nitrogens with zero attached hydrogens (tertiary/aromatic N) is 2. The fraction of sp³-hybridized carbons (Fsp3) is 0.385. The van der Waals surface area contributed by atoms with Gasteiger partial charge in [0.15, 0.2) is 0 Å². The van der Waals surface area contributed by atoms with Crippen LogP contribution in [0.4, 0.5) is 10.0 Å². The van der Waals surface area contributed by atoms with Crippen LogP contribution in [0.5, 0.6) is 0 Å². The highest BCUT2D eigenvalue weighted by Crippen LogP contribution is 2.40. The van der Waals surface area contributed by atoms with Crippen LogP contribution in [0, 0.1) is 10.1 Å². The number of rotatable bonds is 4. The summed E-state index contributed by atoms with van der Waals surface area (Å²) in [5.74, 6) is 0. The molecule has 0 bridgehead atoms. The SMILES string of the molecule is O=[N+]([O-])c1ccc(-c2ccc(N3CCC[C@@H]3CO)s2)s1. The zero-order valence-corrected chi connectivity index (χ0v) is 12.3. The molecule has 3 heterocycles. The van der Waals surface area contributed by atoms with E-state index in [-0.39, 0.29) is 22.6 Å². The lowest BCUT2D eigenvalue weighted by Gasteiger charge is -2.23. The normalized spacial score (nSPS) is 18.6. The molecule has 0 unspecified atom stereocenters. The second-order valence-corrected chi connectivity index (χ2v) is 6.83. The van der Waals surface area contributed by atoms with E-state index in [9.17, 15) is 15.2 Å². The molecule has 7 heteroatoms. The number of aliphatic hydroxyl groups is 1. The lowest BCUT2D eigenvalue weighted by atomic mass is 10.2. The largest absolute Gasteiger partial charge is 0.394 e. The highest BCUT2D eigenvalue weighted by molar-refractivity contribution is 7.25. The van der Waals surface area contributed by atoms with Gasteiger partial charge in [-0.15, -0.1) is 11.3 Å². The van der Waals surface area contributed by atoms with Crippen molar-refractivity contribution in [3.8, 4) is 9.75 Å². The highest BCUT2D eigenvalue weighted by atomic mass is 32.1. The number of thiophene rings is 2. The average Bonchev–Trinajstić information content (AvgIpc) is 3.17. The van der Waals surface area contributed by atoms with E-state index in [1.807, 2.05) is 12.1 Å². The van der Waals surface area contributed by atoms with E-state index >= 15 is 0 Å². The molecule has 1 aliphatic rings. The third-order valence-corrected chi connectivity index (χ3v) is 5.83. The van der Waals surface area contributed by atoms with E-state index in [2.05, 4.69) is 4.90 Å². The Morgan fingerprint density at radius 1 is 1.30 bits per heavy atom. The van der Waals surface area contributed by atoms with Crippen molar-refractivity contribution in [3.05, 3.63) is 34.4 Å². The maximum atomic E-state index is 10.7. The molecule has 1 N–H and O–H groups in total. The van der Waals surface area contributed by atoms with Gasteiger partial charge in [-0.3, -0.25) is 10.1 Å². The molecule has 0 aliphatic carbocycles. The first-order chi connectivity index (χ1) is 9.69. The summed E-state index contributed by atoms with van der Waals surface area (Å²) in [7, 11) is 0. The predicted octanol–water partition coefficient (Wildman–Crippen LogP) is 3.35. The summed E-state index contributed by atoms with van der Waals surface area (Å²) < 4.78 is 0. The van der Waals surface area contributed by atoms with E-state index in [0.29, 0.717) is 0 Å². The summed E-state index contributed by atoms with van der Waals surface area (Å²) in [4.78, 5) is 14.6. The van der Waals surface area contributed by atoms with Crippen LogP contribution in [0.1, 0.15) is 12.8 Å². The van der Waals surface area contributed by atoms with Crippen molar-refractivity contribution in [2.24, 2.45) is 0 Å². The van der Waals surface area contributed by atoms with Crippen molar-refractivity contribution in [3.63, 3.8) is 0 Å². The molecule has 0 spiro atoms. The minimum absolute atomic E-state index is 0.171. The summed E-state index contributed by atoms with van der Waals surface area (Å²) >= 11 is 2.83. The molecule has 5 nitrogen and oxygen atoms in total. The lowest BCUT2D eigenvalue weighted by molar-refractivity contribution is -0.380. The second-order valence-electron chi connectivity index (χ2n) is 4.70. The fourth-order valence-corrected chi connectivity index (χ4v) is 4.50. The monoisotopic (exact) mass is 310 g/mol. The molecule has 2 aromatic rings. The van der Waals surface area contributed by atoms with E-state index < -0.39 is 0 Å². The minimum Gasteiger partial charge on any atom is -0.394 e. The molecule has 1 saturated heterocycles. The molecule has 0 saturated carbocycles. The summed E-state index contributed by atoms with van der Waals surface area (Å²) in [6.07, 6.45) is 2.12. The van der Waals surface area contributed by atoms with Gasteiger partial charge < -0.3 is 10.0 Å². The van der Waals surface area contributed by atoms with Crippen LogP contribution in [0.3, 0.4) is 0 Å². The van der Waals surface area contributed by atoms with Gasteiger partial charge in [0, 0.05) is 17.5 Å². The highest BCUT2D eigenvalue weighted by Gasteiger charge is 2.25. The summed E-state index contributed by atoms with van der Waals surface area (Å²) in [5, 5.41) is 21.4. The second kappa shape index (κ2) is 5.51. The Hall–Kier alpha value is -1.44. The Morgan fingerprint density at radius 2 is 2.05 bits per heavy atom. The first-order valence-electron chi connectivity index (χ1n) is 6.41.